The third-order valence-corrected chi connectivity index (χ3v) is 7.19. The molecule has 1 N–H and O–H groups in total. The number of hydrogen-bond acceptors (Lipinski definition) is 5. The normalized spacial score (nSPS) is 29.6. The minimum absolute atomic E-state index is 0.233. The number of nitrogens with zero attached hydrogens (tertiary/aromatic N) is 2. The van der Waals surface area contributed by atoms with Crippen molar-refractivity contribution in [2.45, 2.75) is 88.6 Å². The minimum atomic E-state index is -0.480. The highest BCUT2D eigenvalue weighted by atomic mass is 16.6. The van der Waals surface area contributed by atoms with Crippen LogP contribution >= 0.6 is 0 Å². The van der Waals surface area contributed by atoms with Crippen molar-refractivity contribution >= 4 is 6.09 Å². The molecule has 3 fully saturated rings. The number of ether oxygens (including phenoxy) is 2. The quantitative estimate of drug-likeness (QED) is 0.787. The molecule has 5 rings (SSSR count). The Hall–Kier alpha value is -1.79. The maximum atomic E-state index is 12.6. The zero-order chi connectivity index (χ0) is 21.6. The molecule has 6 heteroatoms. The molecule has 1 saturated carbocycles. The van der Waals surface area contributed by atoms with E-state index in [1.54, 1.807) is 0 Å². The van der Waals surface area contributed by atoms with E-state index in [0.717, 1.165) is 24.6 Å². The molecule has 3 aliphatic heterocycles. The molecule has 1 spiro atoms. The van der Waals surface area contributed by atoms with Crippen LogP contribution in [0.2, 0.25) is 0 Å². The lowest BCUT2D eigenvalue weighted by Crippen LogP contribution is -2.50. The molecule has 6 nitrogen and oxygen atoms in total. The standard InChI is InChI=1S/C25H37N3O3/c1-24(2,3)31-23(29)28-15-12-25(17-28)16-21(20-6-4-5-7-22(20)30-25)26-18-10-13-27(14-11-18)19-8-9-19/h4-7,18-19,21,26H,8-17H2,1-3H3/t21-,25-/m1/s1. The molecule has 3 heterocycles. The SMILES string of the molecule is CC(C)(C)OC(=O)N1CC[C@@]2(C[C@@H](NC3CCN(C4CC4)CC3)c3ccccc3O2)C1. The van der Waals surface area contributed by atoms with Crippen LogP contribution in [0.1, 0.15) is 70.9 Å². The number of amides is 1. The Morgan fingerprint density at radius 3 is 2.58 bits per heavy atom. The Morgan fingerprint density at radius 2 is 1.87 bits per heavy atom. The van der Waals surface area contributed by atoms with Gasteiger partial charge in [-0.2, -0.15) is 0 Å². The predicted octanol–water partition coefficient (Wildman–Crippen LogP) is 4.11. The van der Waals surface area contributed by atoms with E-state index < -0.39 is 5.60 Å². The van der Waals surface area contributed by atoms with Gasteiger partial charge in [-0.3, -0.25) is 0 Å². The van der Waals surface area contributed by atoms with Crippen molar-refractivity contribution in [1.82, 2.24) is 15.1 Å². The van der Waals surface area contributed by atoms with Crippen LogP contribution in [0.3, 0.4) is 0 Å². The van der Waals surface area contributed by atoms with Crippen LogP contribution in [0, 0.1) is 0 Å². The van der Waals surface area contributed by atoms with Crippen molar-refractivity contribution in [3.8, 4) is 5.75 Å². The van der Waals surface area contributed by atoms with Crippen molar-refractivity contribution in [3.05, 3.63) is 29.8 Å². The third kappa shape index (κ3) is 4.70. The topological polar surface area (TPSA) is 54.0 Å². The van der Waals surface area contributed by atoms with E-state index in [1.165, 1.54) is 44.3 Å². The van der Waals surface area contributed by atoms with Gasteiger partial charge in [0.15, 0.2) is 0 Å². The van der Waals surface area contributed by atoms with Gasteiger partial charge >= 0.3 is 6.09 Å². The first-order chi connectivity index (χ1) is 14.8. The van der Waals surface area contributed by atoms with Gasteiger partial charge in [-0.25, -0.2) is 4.79 Å². The van der Waals surface area contributed by atoms with Gasteiger partial charge < -0.3 is 24.6 Å². The molecule has 0 bridgehead atoms. The Morgan fingerprint density at radius 1 is 1.13 bits per heavy atom. The average Bonchev–Trinajstić information content (AvgIpc) is 3.49. The number of carbonyl (C=O) groups is 1. The molecule has 2 atom stereocenters. The number of fused-ring (bicyclic) bond motifs is 1. The summed E-state index contributed by atoms with van der Waals surface area (Å²) in [7, 11) is 0. The number of carbonyl (C=O) groups excluding carboxylic acids is 1. The third-order valence-electron chi connectivity index (χ3n) is 7.19. The van der Waals surface area contributed by atoms with Crippen LogP contribution in [-0.4, -0.2) is 65.4 Å². The highest BCUT2D eigenvalue weighted by Gasteiger charge is 2.48. The summed E-state index contributed by atoms with van der Waals surface area (Å²) in [6.07, 6.45) is 6.72. The molecule has 31 heavy (non-hydrogen) atoms. The number of likely N-dealkylation sites (tertiary alicyclic amines) is 2. The van der Waals surface area contributed by atoms with Crippen LogP contribution in [0.5, 0.6) is 5.75 Å². The van der Waals surface area contributed by atoms with Crippen molar-refractivity contribution < 1.29 is 14.3 Å². The summed E-state index contributed by atoms with van der Waals surface area (Å²) in [5.41, 5.74) is 0.442. The van der Waals surface area contributed by atoms with Gasteiger partial charge in [0, 0.05) is 43.1 Å². The lowest BCUT2D eigenvalue weighted by molar-refractivity contribution is 0.0115. The second-order valence-electron chi connectivity index (χ2n) is 10.9. The fourth-order valence-corrected chi connectivity index (χ4v) is 5.50. The zero-order valence-electron chi connectivity index (χ0n) is 19.2. The number of para-hydroxylation sites is 1. The molecule has 1 aliphatic carbocycles. The zero-order valence-corrected chi connectivity index (χ0v) is 19.2. The Labute approximate surface area is 186 Å². The van der Waals surface area contributed by atoms with Gasteiger partial charge in [0.2, 0.25) is 0 Å². The van der Waals surface area contributed by atoms with Gasteiger partial charge in [0.05, 0.1) is 6.54 Å². The molecule has 1 aromatic carbocycles. The molecule has 0 aromatic heterocycles. The molecule has 4 aliphatic rings. The number of hydrogen-bond donors (Lipinski definition) is 1. The molecule has 2 saturated heterocycles. The second kappa shape index (κ2) is 7.96. The number of benzene rings is 1. The van der Waals surface area contributed by atoms with Crippen LogP contribution in [0.25, 0.3) is 0 Å². The number of nitrogens with one attached hydrogen (secondary N) is 1. The van der Waals surface area contributed by atoms with E-state index >= 15 is 0 Å². The molecular weight excluding hydrogens is 390 g/mol. The second-order valence-corrected chi connectivity index (χ2v) is 10.9. The Kier molecular flexibility index (Phi) is 5.41. The summed E-state index contributed by atoms with van der Waals surface area (Å²) >= 11 is 0. The van der Waals surface area contributed by atoms with Crippen LogP contribution in [0.4, 0.5) is 4.79 Å². The fraction of sp³-hybridized carbons (Fsp3) is 0.720. The van der Waals surface area contributed by atoms with Gasteiger partial charge in [0.25, 0.3) is 0 Å². The highest BCUT2D eigenvalue weighted by Crippen LogP contribution is 2.44. The van der Waals surface area contributed by atoms with E-state index in [-0.39, 0.29) is 17.7 Å². The number of rotatable bonds is 3. The largest absolute Gasteiger partial charge is 0.485 e. The van der Waals surface area contributed by atoms with E-state index in [1.807, 2.05) is 31.7 Å². The molecule has 170 valence electrons. The van der Waals surface area contributed by atoms with Gasteiger partial charge in [0.1, 0.15) is 17.0 Å². The first kappa shape index (κ1) is 21.1. The van der Waals surface area contributed by atoms with Gasteiger partial charge in [-0.15, -0.1) is 0 Å². The Bertz CT molecular complexity index is 810. The Balaban J connectivity index is 1.27. The summed E-state index contributed by atoms with van der Waals surface area (Å²) in [4.78, 5) is 17.1. The molecular formula is C25H37N3O3. The maximum absolute atomic E-state index is 12.6. The minimum Gasteiger partial charge on any atom is -0.485 e. The van der Waals surface area contributed by atoms with E-state index in [4.69, 9.17) is 9.47 Å². The molecule has 0 radical (unpaired) electrons. The van der Waals surface area contributed by atoms with E-state index in [9.17, 15) is 4.79 Å². The van der Waals surface area contributed by atoms with Crippen LogP contribution < -0.4 is 10.1 Å². The van der Waals surface area contributed by atoms with Gasteiger partial charge in [-0.1, -0.05) is 18.2 Å². The van der Waals surface area contributed by atoms with Crippen molar-refractivity contribution in [2.24, 2.45) is 0 Å². The van der Waals surface area contributed by atoms with Crippen molar-refractivity contribution in [1.29, 1.82) is 0 Å². The monoisotopic (exact) mass is 427 g/mol. The summed E-state index contributed by atoms with van der Waals surface area (Å²) in [5.74, 6) is 0.965. The van der Waals surface area contributed by atoms with Gasteiger partial charge in [-0.05, 0) is 65.6 Å². The highest BCUT2D eigenvalue weighted by molar-refractivity contribution is 5.68. The predicted molar refractivity (Wildman–Crippen MR) is 120 cm³/mol. The first-order valence-electron chi connectivity index (χ1n) is 12.1. The first-order valence-corrected chi connectivity index (χ1v) is 12.1. The lowest BCUT2D eigenvalue weighted by atomic mass is 9.85. The van der Waals surface area contributed by atoms with E-state index in [2.05, 4.69) is 28.4 Å². The summed E-state index contributed by atoms with van der Waals surface area (Å²) in [5, 5.41) is 3.99. The summed E-state index contributed by atoms with van der Waals surface area (Å²) in [6, 6.07) is 10.1. The fourth-order valence-electron chi connectivity index (χ4n) is 5.50. The molecule has 0 unspecified atom stereocenters. The smallest absolute Gasteiger partial charge is 0.410 e. The van der Waals surface area contributed by atoms with Crippen LogP contribution in [-0.2, 0) is 4.74 Å². The number of piperidine rings is 1. The van der Waals surface area contributed by atoms with Crippen molar-refractivity contribution in [2.75, 3.05) is 26.2 Å². The van der Waals surface area contributed by atoms with E-state index in [0.29, 0.717) is 19.1 Å². The average molecular weight is 428 g/mol. The summed E-state index contributed by atoms with van der Waals surface area (Å²) in [6.45, 7) is 9.45. The molecule has 1 amide bonds. The maximum Gasteiger partial charge on any atom is 0.410 e. The van der Waals surface area contributed by atoms with Crippen molar-refractivity contribution in [3.63, 3.8) is 0 Å². The lowest BCUT2D eigenvalue weighted by Gasteiger charge is -2.42. The summed E-state index contributed by atoms with van der Waals surface area (Å²) < 4.78 is 12.2. The molecule has 1 aromatic rings. The van der Waals surface area contributed by atoms with Crippen LogP contribution in [0.15, 0.2) is 24.3 Å².